The first-order chi connectivity index (χ1) is 6.69. The molecule has 1 rings (SSSR count). The average molecular weight is 192 g/mol. The summed E-state index contributed by atoms with van der Waals surface area (Å²) in [4.78, 5) is 14.6. The highest BCUT2D eigenvalue weighted by atomic mass is 16.5. The summed E-state index contributed by atoms with van der Waals surface area (Å²) < 4.78 is 4.41. The van der Waals surface area contributed by atoms with Gasteiger partial charge >= 0.3 is 5.97 Å². The van der Waals surface area contributed by atoms with Crippen LogP contribution in [0.5, 0.6) is 5.75 Å². The molecule has 0 saturated heterocycles. The molecule has 0 amide bonds. The second-order valence-corrected chi connectivity index (χ2v) is 2.52. The first-order valence-electron chi connectivity index (χ1n) is 3.82. The Morgan fingerprint density at radius 1 is 1.79 bits per heavy atom. The number of ether oxygens (including phenoxy) is 1. The summed E-state index contributed by atoms with van der Waals surface area (Å²) in [5, 5.41) is 18.0. The highest BCUT2D eigenvalue weighted by molar-refractivity contribution is 5.73. The Bertz CT molecular complexity index is 396. The van der Waals surface area contributed by atoms with Gasteiger partial charge in [-0.1, -0.05) is 0 Å². The zero-order valence-electron chi connectivity index (χ0n) is 7.52. The normalized spacial score (nSPS) is 9.14. The number of carbonyl (C=O) groups excluding carboxylic acids is 1. The zero-order valence-corrected chi connectivity index (χ0v) is 7.52. The highest BCUT2D eigenvalue weighted by Crippen LogP contribution is 2.19. The Hall–Kier alpha value is -2.09. The number of carbonyl (C=O) groups is 1. The fourth-order valence-corrected chi connectivity index (χ4v) is 0.926. The summed E-state index contributed by atoms with van der Waals surface area (Å²) in [6.07, 6.45) is 1.22. The van der Waals surface area contributed by atoms with Gasteiger partial charge in [-0.3, -0.25) is 9.78 Å². The molecule has 0 unspecified atom stereocenters. The van der Waals surface area contributed by atoms with Crippen LogP contribution in [0.3, 0.4) is 0 Å². The van der Waals surface area contributed by atoms with Crippen LogP contribution in [0.2, 0.25) is 0 Å². The SMILES string of the molecule is COC(=O)Cc1nccc(C#N)c1O. The molecule has 0 spiro atoms. The predicted molar refractivity (Wildman–Crippen MR) is 46.3 cm³/mol. The standard InChI is InChI=1S/C9H8N2O3/c1-14-8(12)4-7-9(13)6(5-10)2-3-11-7/h2-3,13H,4H2,1H3. The summed E-state index contributed by atoms with van der Waals surface area (Å²) in [6, 6.07) is 3.16. The molecule has 1 heterocycles. The maximum absolute atomic E-state index is 10.9. The molecular weight excluding hydrogens is 184 g/mol. The van der Waals surface area contributed by atoms with Crippen LogP contribution in [-0.4, -0.2) is 23.2 Å². The van der Waals surface area contributed by atoms with Crippen molar-refractivity contribution in [2.24, 2.45) is 0 Å². The monoisotopic (exact) mass is 192 g/mol. The van der Waals surface area contributed by atoms with Crippen molar-refractivity contribution in [1.82, 2.24) is 4.98 Å². The van der Waals surface area contributed by atoms with E-state index >= 15 is 0 Å². The van der Waals surface area contributed by atoms with Crippen molar-refractivity contribution in [3.05, 3.63) is 23.5 Å². The smallest absolute Gasteiger partial charge is 0.311 e. The van der Waals surface area contributed by atoms with Crippen LogP contribution in [0.25, 0.3) is 0 Å². The van der Waals surface area contributed by atoms with E-state index in [2.05, 4.69) is 9.72 Å². The van der Waals surface area contributed by atoms with Crippen LogP contribution >= 0.6 is 0 Å². The van der Waals surface area contributed by atoms with E-state index in [1.54, 1.807) is 6.07 Å². The molecule has 1 N–H and O–H groups in total. The molecule has 1 aromatic heterocycles. The van der Waals surface area contributed by atoms with Gasteiger partial charge in [-0.15, -0.1) is 0 Å². The Morgan fingerprint density at radius 2 is 2.50 bits per heavy atom. The van der Waals surface area contributed by atoms with Gasteiger partial charge in [-0.05, 0) is 6.07 Å². The minimum atomic E-state index is -0.511. The van der Waals surface area contributed by atoms with E-state index in [1.807, 2.05) is 0 Å². The van der Waals surface area contributed by atoms with Gasteiger partial charge in [0.2, 0.25) is 0 Å². The molecule has 0 radical (unpaired) electrons. The summed E-state index contributed by atoms with van der Waals surface area (Å²) in [5.74, 6) is -0.775. The van der Waals surface area contributed by atoms with E-state index < -0.39 is 5.97 Å². The molecule has 1 aromatic rings. The summed E-state index contributed by atoms with van der Waals surface area (Å²) in [7, 11) is 1.24. The second-order valence-electron chi connectivity index (χ2n) is 2.52. The lowest BCUT2D eigenvalue weighted by atomic mass is 10.2. The lowest BCUT2D eigenvalue weighted by Crippen LogP contribution is -2.06. The molecule has 5 heteroatoms. The molecule has 0 bridgehead atoms. The first-order valence-corrected chi connectivity index (χ1v) is 3.82. The second kappa shape index (κ2) is 4.23. The fraction of sp³-hybridized carbons (Fsp3) is 0.222. The van der Waals surface area contributed by atoms with Crippen molar-refractivity contribution in [3.63, 3.8) is 0 Å². The third kappa shape index (κ3) is 1.98. The van der Waals surface area contributed by atoms with Gasteiger partial charge in [0.25, 0.3) is 0 Å². The molecule has 0 atom stereocenters. The van der Waals surface area contributed by atoms with Crippen molar-refractivity contribution in [3.8, 4) is 11.8 Å². The van der Waals surface area contributed by atoms with E-state index in [0.717, 1.165) is 0 Å². The zero-order chi connectivity index (χ0) is 10.6. The number of methoxy groups -OCH3 is 1. The Kier molecular flexibility index (Phi) is 3.02. The number of aromatic nitrogens is 1. The van der Waals surface area contributed by atoms with Crippen molar-refractivity contribution in [2.75, 3.05) is 7.11 Å². The molecule has 5 nitrogen and oxygen atoms in total. The summed E-state index contributed by atoms with van der Waals surface area (Å²) in [6.45, 7) is 0. The average Bonchev–Trinajstić information content (AvgIpc) is 2.21. The van der Waals surface area contributed by atoms with Crippen molar-refractivity contribution >= 4 is 5.97 Å². The molecule has 14 heavy (non-hydrogen) atoms. The third-order valence-corrected chi connectivity index (χ3v) is 1.66. The minimum Gasteiger partial charge on any atom is -0.505 e. The third-order valence-electron chi connectivity index (χ3n) is 1.66. The minimum absolute atomic E-state index is 0.0962. The lowest BCUT2D eigenvalue weighted by molar-refractivity contribution is -0.139. The maximum atomic E-state index is 10.9. The van der Waals surface area contributed by atoms with Crippen molar-refractivity contribution < 1.29 is 14.6 Å². The summed E-state index contributed by atoms with van der Waals surface area (Å²) >= 11 is 0. The molecule has 0 fully saturated rings. The van der Waals surface area contributed by atoms with Crippen LogP contribution < -0.4 is 0 Å². The topological polar surface area (TPSA) is 83.2 Å². The molecule has 0 aromatic carbocycles. The van der Waals surface area contributed by atoms with Gasteiger partial charge < -0.3 is 9.84 Å². The van der Waals surface area contributed by atoms with Gasteiger partial charge in [0.1, 0.15) is 6.07 Å². The van der Waals surface area contributed by atoms with Crippen molar-refractivity contribution in [1.29, 1.82) is 5.26 Å². The summed E-state index contributed by atoms with van der Waals surface area (Å²) in [5.41, 5.74) is 0.245. The van der Waals surface area contributed by atoms with Crippen LogP contribution in [0.1, 0.15) is 11.3 Å². The van der Waals surface area contributed by atoms with Gasteiger partial charge in [0.15, 0.2) is 5.75 Å². The van der Waals surface area contributed by atoms with Gasteiger partial charge in [-0.2, -0.15) is 5.26 Å². The largest absolute Gasteiger partial charge is 0.505 e. The van der Waals surface area contributed by atoms with Crippen LogP contribution in [0.15, 0.2) is 12.3 Å². The number of hydrogen-bond donors (Lipinski definition) is 1. The van der Waals surface area contributed by atoms with E-state index in [-0.39, 0.29) is 23.4 Å². The maximum Gasteiger partial charge on any atom is 0.311 e. The van der Waals surface area contributed by atoms with Crippen LogP contribution in [0, 0.1) is 11.3 Å². The number of nitriles is 1. The number of pyridine rings is 1. The van der Waals surface area contributed by atoms with E-state index in [9.17, 15) is 9.90 Å². The number of rotatable bonds is 2. The molecule has 0 aliphatic carbocycles. The Morgan fingerprint density at radius 3 is 3.07 bits per heavy atom. The molecule has 72 valence electrons. The van der Waals surface area contributed by atoms with Crippen LogP contribution in [-0.2, 0) is 16.0 Å². The van der Waals surface area contributed by atoms with Gasteiger partial charge in [-0.25, -0.2) is 0 Å². The van der Waals surface area contributed by atoms with E-state index in [4.69, 9.17) is 5.26 Å². The number of hydrogen-bond acceptors (Lipinski definition) is 5. The van der Waals surface area contributed by atoms with Crippen molar-refractivity contribution in [2.45, 2.75) is 6.42 Å². The molecule has 0 saturated carbocycles. The number of aromatic hydroxyl groups is 1. The van der Waals surface area contributed by atoms with Crippen LogP contribution in [0.4, 0.5) is 0 Å². The van der Waals surface area contributed by atoms with E-state index in [0.29, 0.717) is 0 Å². The Balaban J connectivity index is 2.99. The predicted octanol–water partition coefficient (Wildman–Crippen LogP) is 0.374. The van der Waals surface area contributed by atoms with Gasteiger partial charge in [0, 0.05) is 6.20 Å². The first kappa shape index (κ1) is 9.99. The van der Waals surface area contributed by atoms with E-state index in [1.165, 1.54) is 19.4 Å². The lowest BCUT2D eigenvalue weighted by Gasteiger charge is -2.02. The molecular formula is C9H8N2O3. The number of esters is 1. The Labute approximate surface area is 80.6 Å². The quantitative estimate of drug-likeness (QED) is 0.684. The van der Waals surface area contributed by atoms with Gasteiger partial charge in [0.05, 0.1) is 24.8 Å². The molecule has 0 aliphatic heterocycles. The fourth-order valence-electron chi connectivity index (χ4n) is 0.926. The number of nitrogens with zero attached hydrogens (tertiary/aromatic N) is 2. The molecule has 0 aliphatic rings. The highest BCUT2D eigenvalue weighted by Gasteiger charge is 2.11.